The van der Waals surface area contributed by atoms with Crippen LogP contribution in [0.4, 0.5) is 5.69 Å². The number of rotatable bonds is 4. The zero-order chi connectivity index (χ0) is 20.4. The molecule has 144 valence electrons. The number of hydrogen-bond donors (Lipinski definition) is 1. The fraction of sp³-hybridized carbons (Fsp3) is 0.0870. The van der Waals surface area contributed by atoms with Crippen LogP contribution in [0, 0.1) is 0 Å². The standard InChI is InChI=1S/C23H18N2O3S/c1-2-15-8-10-17(11-9-15)25-22(27)19(21(26)24-23(25)29)14-18-12-13-20(28-18)16-6-4-3-5-7-16/h3-14H,2H2,1H3,(H,24,26,29). The largest absolute Gasteiger partial charge is 0.457 e. The van der Waals surface area contributed by atoms with Crippen LogP contribution in [0.25, 0.3) is 17.4 Å². The molecule has 29 heavy (non-hydrogen) atoms. The van der Waals surface area contributed by atoms with Gasteiger partial charge in [-0.05, 0) is 54.5 Å². The molecule has 0 bridgehead atoms. The molecule has 4 rings (SSSR count). The van der Waals surface area contributed by atoms with E-state index in [1.165, 1.54) is 11.0 Å². The maximum atomic E-state index is 13.1. The van der Waals surface area contributed by atoms with Gasteiger partial charge in [-0.1, -0.05) is 49.4 Å². The van der Waals surface area contributed by atoms with Gasteiger partial charge >= 0.3 is 0 Å². The van der Waals surface area contributed by atoms with Crippen LogP contribution in [0.2, 0.25) is 0 Å². The number of nitrogens with one attached hydrogen (secondary N) is 1. The van der Waals surface area contributed by atoms with Crippen molar-refractivity contribution >= 4 is 40.9 Å². The van der Waals surface area contributed by atoms with Crippen molar-refractivity contribution in [2.24, 2.45) is 0 Å². The van der Waals surface area contributed by atoms with E-state index in [2.05, 4.69) is 12.2 Å². The first kappa shape index (κ1) is 18.8. The van der Waals surface area contributed by atoms with Gasteiger partial charge in [-0.15, -0.1) is 0 Å². The molecule has 1 N–H and O–H groups in total. The molecule has 0 aliphatic carbocycles. The van der Waals surface area contributed by atoms with Gasteiger partial charge in [0.25, 0.3) is 11.8 Å². The first-order valence-electron chi connectivity index (χ1n) is 9.22. The molecule has 1 fully saturated rings. The Morgan fingerprint density at radius 1 is 1.00 bits per heavy atom. The van der Waals surface area contributed by atoms with Crippen LogP contribution in [-0.4, -0.2) is 16.9 Å². The lowest BCUT2D eigenvalue weighted by Gasteiger charge is -2.28. The summed E-state index contributed by atoms with van der Waals surface area (Å²) in [6, 6.07) is 20.6. The third-order valence-electron chi connectivity index (χ3n) is 4.68. The van der Waals surface area contributed by atoms with Crippen LogP contribution >= 0.6 is 12.2 Å². The van der Waals surface area contributed by atoms with Crippen LogP contribution in [0.5, 0.6) is 0 Å². The molecule has 0 saturated carbocycles. The zero-order valence-electron chi connectivity index (χ0n) is 15.7. The van der Waals surface area contributed by atoms with E-state index >= 15 is 0 Å². The highest BCUT2D eigenvalue weighted by Crippen LogP contribution is 2.26. The van der Waals surface area contributed by atoms with Crippen molar-refractivity contribution in [1.29, 1.82) is 0 Å². The third kappa shape index (κ3) is 3.75. The average molecular weight is 402 g/mol. The van der Waals surface area contributed by atoms with Crippen molar-refractivity contribution in [3.05, 3.63) is 83.6 Å². The van der Waals surface area contributed by atoms with E-state index in [1.807, 2.05) is 54.6 Å². The van der Waals surface area contributed by atoms with Crippen LogP contribution in [0.1, 0.15) is 18.2 Å². The summed E-state index contributed by atoms with van der Waals surface area (Å²) in [5.41, 5.74) is 2.63. The predicted molar refractivity (Wildman–Crippen MR) is 116 cm³/mol. The molecule has 1 aliphatic rings. The summed E-state index contributed by atoms with van der Waals surface area (Å²) in [7, 11) is 0. The Balaban J connectivity index is 1.66. The lowest BCUT2D eigenvalue weighted by molar-refractivity contribution is -0.122. The Morgan fingerprint density at radius 3 is 2.41 bits per heavy atom. The van der Waals surface area contributed by atoms with E-state index in [9.17, 15) is 9.59 Å². The number of nitrogens with zero attached hydrogens (tertiary/aromatic N) is 1. The molecule has 1 aliphatic heterocycles. The Labute approximate surface area is 173 Å². The van der Waals surface area contributed by atoms with Crippen molar-refractivity contribution in [3.8, 4) is 11.3 Å². The van der Waals surface area contributed by atoms with Gasteiger partial charge in [-0.3, -0.25) is 19.8 Å². The number of hydrogen-bond acceptors (Lipinski definition) is 4. The van der Waals surface area contributed by atoms with Gasteiger partial charge in [0.15, 0.2) is 5.11 Å². The second kappa shape index (κ2) is 7.85. The minimum Gasteiger partial charge on any atom is -0.457 e. The van der Waals surface area contributed by atoms with Gasteiger partial charge in [0.05, 0.1) is 5.69 Å². The number of amides is 2. The summed E-state index contributed by atoms with van der Waals surface area (Å²) >= 11 is 5.23. The molecule has 1 saturated heterocycles. The van der Waals surface area contributed by atoms with E-state index < -0.39 is 11.8 Å². The first-order chi connectivity index (χ1) is 14.1. The van der Waals surface area contributed by atoms with Crippen molar-refractivity contribution in [1.82, 2.24) is 5.32 Å². The number of anilines is 1. The average Bonchev–Trinajstić information content (AvgIpc) is 3.21. The van der Waals surface area contributed by atoms with Crippen LogP contribution < -0.4 is 10.2 Å². The van der Waals surface area contributed by atoms with Gasteiger partial charge in [0.1, 0.15) is 17.1 Å². The quantitative estimate of drug-likeness (QED) is 0.401. The lowest BCUT2D eigenvalue weighted by Crippen LogP contribution is -2.54. The molecule has 0 spiro atoms. The van der Waals surface area contributed by atoms with Gasteiger partial charge in [-0.25, -0.2) is 0 Å². The second-order valence-corrected chi connectivity index (χ2v) is 6.93. The third-order valence-corrected chi connectivity index (χ3v) is 4.96. The highest BCUT2D eigenvalue weighted by atomic mass is 32.1. The van der Waals surface area contributed by atoms with Crippen molar-refractivity contribution < 1.29 is 14.0 Å². The Bertz CT molecular complexity index is 1110. The molecule has 2 aromatic carbocycles. The SMILES string of the molecule is CCc1ccc(N2C(=O)C(=Cc3ccc(-c4ccccc4)o3)C(=O)NC2=S)cc1. The van der Waals surface area contributed by atoms with E-state index in [1.54, 1.807) is 12.1 Å². The molecule has 6 heteroatoms. The monoisotopic (exact) mass is 402 g/mol. The summed E-state index contributed by atoms with van der Waals surface area (Å²) < 4.78 is 5.81. The number of carbonyl (C=O) groups is 2. The highest BCUT2D eigenvalue weighted by Gasteiger charge is 2.34. The van der Waals surface area contributed by atoms with Gasteiger partial charge in [-0.2, -0.15) is 0 Å². The van der Waals surface area contributed by atoms with Crippen LogP contribution in [-0.2, 0) is 16.0 Å². The molecular formula is C23H18N2O3S. The van der Waals surface area contributed by atoms with Crippen LogP contribution in [0.15, 0.2) is 76.7 Å². The van der Waals surface area contributed by atoms with E-state index in [4.69, 9.17) is 16.6 Å². The molecule has 5 nitrogen and oxygen atoms in total. The molecule has 2 heterocycles. The maximum absolute atomic E-state index is 13.1. The second-order valence-electron chi connectivity index (χ2n) is 6.55. The van der Waals surface area contributed by atoms with Gasteiger partial charge < -0.3 is 4.42 Å². The fourth-order valence-corrected chi connectivity index (χ4v) is 3.38. The van der Waals surface area contributed by atoms with Gasteiger partial charge in [0.2, 0.25) is 0 Å². The smallest absolute Gasteiger partial charge is 0.270 e. The molecule has 1 aromatic heterocycles. The molecule has 0 unspecified atom stereocenters. The molecular weight excluding hydrogens is 384 g/mol. The van der Waals surface area contributed by atoms with Crippen LogP contribution in [0.3, 0.4) is 0 Å². The number of thiocarbonyl (C=S) groups is 1. The zero-order valence-corrected chi connectivity index (χ0v) is 16.5. The molecule has 3 aromatic rings. The van der Waals surface area contributed by atoms with E-state index in [-0.39, 0.29) is 10.7 Å². The summed E-state index contributed by atoms with van der Waals surface area (Å²) in [5, 5.41) is 2.64. The Morgan fingerprint density at radius 2 is 1.72 bits per heavy atom. The lowest BCUT2D eigenvalue weighted by atomic mass is 10.1. The normalized spacial score (nSPS) is 15.7. The van der Waals surface area contributed by atoms with Gasteiger partial charge in [0, 0.05) is 5.56 Å². The number of aryl methyl sites for hydroxylation is 1. The number of furan rings is 1. The Hall–Kier alpha value is -3.51. The highest BCUT2D eigenvalue weighted by molar-refractivity contribution is 7.80. The topological polar surface area (TPSA) is 62.6 Å². The number of benzene rings is 2. The Kier molecular flexibility index (Phi) is 5.10. The molecule has 0 radical (unpaired) electrons. The summed E-state index contributed by atoms with van der Waals surface area (Å²) in [5.74, 6) is 0.0415. The summed E-state index contributed by atoms with van der Waals surface area (Å²) in [6.45, 7) is 2.06. The van der Waals surface area contributed by atoms with Crippen molar-refractivity contribution in [3.63, 3.8) is 0 Å². The maximum Gasteiger partial charge on any atom is 0.270 e. The van der Waals surface area contributed by atoms with Crippen molar-refractivity contribution in [2.75, 3.05) is 4.90 Å². The number of carbonyl (C=O) groups excluding carboxylic acids is 2. The first-order valence-corrected chi connectivity index (χ1v) is 9.63. The molecule has 0 atom stereocenters. The molecule has 2 amide bonds. The van der Waals surface area contributed by atoms with E-state index in [0.29, 0.717) is 17.2 Å². The minimum absolute atomic E-state index is 0.0351. The minimum atomic E-state index is -0.543. The van der Waals surface area contributed by atoms with E-state index in [0.717, 1.165) is 17.5 Å². The predicted octanol–water partition coefficient (Wildman–Crippen LogP) is 4.34. The summed E-state index contributed by atoms with van der Waals surface area (Å²) in [6.07, 6.45) is 2.34. The fourth-order valence-electron chi connectivity index (χ4n) is 3.10. The summed E-state index contributed by atoms with van der Waals surface area (Å²) in [4.78, 5) is 26.8. The van der Waals surface area contributed by atoms with Crippen molar-refractivity contribution in [2.45, 2.75) is 13.3 Å².